The van der Waals surface area contributed by atoms with Gasteiger partial charge in [0.15, 0.2) is 5.69 Å². The molecule has 1 fully saturated rings. The van der Waals surface area contributed by atoms with Gasteiger partial charge in [-0.05, 0) is 12.1 Å². The van der Waals surface area contributed by atoms with E-state index in [1.165, 1.54) is 0 Å². The molecule has 0 aliphatic carbocycles. The number of para-hydroxylation sites is 1. The van der Waals surface area contributed by atoms with Crippen LogP contribution in [0.5, 0.6) is 0 Å². The highest BCUT2D eigenvalue weighted by Crippen LogP contribution is 2.32. The third-order valence-electron chi connectivity index (χ3n) is 4.43. The first-order chi connectivity index (χ1) is 12.3. The number of rotatable bonds is 4. The second-order valence-electron chi connectivity index (χ2n) is 5.93. The summed E-state index contributed by atoms with van der Waals surface area (Å²) < 4.78 is 7.05. The largest absolute Gasteiger partial charge is 0.380 e. The maximum atomic E-state index is 13.0. The van der Waals surface area contributed by atoms with Crippen LogP contribution in [0, 0.1) is 0 Å². The van der Waals surface area contributed by atoms with Crippen LogP contribution >= 0.6 is 0 Å². The SMILES string of the molecule is CO[C@@H]1CC(c2ncc[nH]2)N(C(=O)c2cn(-c3ccccc3)nn2)C1. The number of carbonyl (C=O) groups excluding carboxylic acids is 1. The number of aromatic nitrogens is 5. The number of nitrogens with zero attached hydrogens (tertiary/aromatic N) is 5. The second-order valence-corrected chi connectivity index (χ2v) is 5.93. The van der Waals surface area contributed by atoms with Crippen molar-refractivity contribution in [2.24, 2.45) is 0 Å². The Morgan fingerprint density at radius 3 is 2.88 bits per heavy atom. The molecule has 1 aliphatic rings. The lowest BCUT2D eigenvalue weighted by Gasteiger charge is -2.21. The predicted octanol–water partition coefficient (Wildman–Crippen LogP) is 1.59. The first-order valence-corrected chi connectivity index (χ1v) is 8.07. The van der Waals surface area contributed by atoms with E-state index in [1.807, 2.05) is 30.3 Å². The fourth-order valence-corrected chi connectivity index (χ4v) is 3.13. The van der Waals surface area contributed by atoms with Crippen LogP contribution in [0.1, 0.15) is 28.8 Å². The summed E-state index contributed by atoms with van der Waals surface area (Å²) in [4.78, 5) is 22.1. The Morgan fingerprint density at radius 1 is 1.32 bits per heavy atom. The molecule has 1 unspecified atom stereocenters. The summed E-state index contributed by atoms with van der Waals surface area (Å²) in [6.07, 6.45) is 5.76. The number of hydrogen-bond donors (Lipinski definition) is 1. The Morgan fingerprint density at radius 2 is 2.16 bits per heavy atom. The number of carbonyl (C=O) groups is 1. The number of likely N-dealkylation sites (tertiary alicyclic amines) is 1. The molecule has 1 aliphatic heterocycles. The quantitative estimate of drug-likeness (QED) is 0.780. The first-order valence-electron chi connectivity index (χ1n) is 8.07. The summed E-state index contributed by atoms with van der Waals surface area (Å²) in [6.45, 7) is 0.499. The van der Waals surface area contributed by atoms with E-state index >= 15 is 0 Å². The van der Waals surface area contributed by atoms with Crippen LogP contribution in [0.25, 0.3) is 5.69 Å². The topological polar surface area (TPSA) is 88.9 Å². The van der Waals surface area contributed by atoms with Crippen molar-refractivity contribution in [1.29, 1.82) is 0 Å². The summed E-state index contributed by atoms with van der Waals surface area (Å²) in [7, 11) is 1.66. The fraction of sp³-hybridized carbons (Fsp3) is 0.294. The van der Waals surface area contributed by atoms with E-state index < -0.39 is 0 Å². The maximum absolute atomic E-state index is 13.0. The highest BCUT2D eigenvalue weighted by Gasteiger charge is 2.39. The van der Waals surface area contributed by atoms with E-state index in [2.05, 4.69) is 20.3 Å². The van der Waals surface area contributed by atoms with E-state index in [0.29, 0.717) is 18.7 Å². The lowest BCUT2D eigenvalue weighted by atomic mass is 10.2. The van der Waals surface area contributed by atoms with Crippen molar-refractivity contribution in [2.45, 2.75) is 18.6 Å². The summed E-state index contributed by atoms with van der Waals surface area (Å²) >= 11 is 0. The Hall–Kier alpha value is -3.00. The van der Waals surface area contributed by atoms with Gasteiger partial charge in [0.1, 0.15) is 5.82 Å². The molecule has 8 heteroatoms. The van der Waals surface area contributed by atoms with E-state index in [1.54, 1.807) is 35.3 Å². The molecular formula is C17H18N6O2. The van der Waals surface area contributed by atoms with Gasteiger partial charge in [-0.2, -0.15) is 0 Å². The molecule has 3 aromatic rings. The molecule has 3 heterocycles. The Bertz CT molecular complexity index is 845. The van der Waals surface area contributed by atoms with Gasteiger partial charge in [-0.25, -0.2) is 9.67 Å². The van der Waals surface area contributed by atoms with Crippen LogP contribution in [-0.2, 0) is 4.74 Å². The van der Waals surface area contributed by atoms with Gasteiger partial charge in [0.05, 0.1) is 24.0 Å². The summed E-state index contributed by atoms with van der Waals surface area (Å²) in [6, 6.07) is 9.41. The van der Waals surface area contributed by atoms with Crippen LogP contribution in [0.4, 0.5) is 0 Å². The van der Waals surface area contributed by atoms with Gasteiger partial charge in [0.25, 0.3) is 5.91 Å². The number of hydrogen-bond acceptors (Lipinski definition) is 5. The molecule has 4 rings (SSSR count). The molecule has 0 radical (unpaired) electrons. The molecular weight excluding hydrogens is 320 g/mol. The van der Waals surface area contributed by atoms with E-state index in [9.17, 15) is 4.79 Å². The third-order valence-corrected chi connectivity index (χ3v) is 4.43. The number of benzene rings is 1. The molecule has 1 aromatic carbocycles. The normalized spacial score (nSPS) is 20.1. The zero-order chi connectivity index (χ0) is 17.2. The van der Waals surface area contributed by atoms with Crippen molar-refractivity contribution >= 4 is 5.91 Å². The Labute approximate surface area is 144 Å². The molecule has 2 aromatic heterocycles. The summed E-state index contributed by atoms with van der Waals surface area (Å²) in [5, 5.41) is 8.12. The average Bonchev–Trinajstić information content (AvgIpc) is 3.41. The van der Waals surface area contributed by atoms with E-state index in [-0.39, 0.29) is 18.1 Å². The lowest BCUT2D eigenvalue weighted by Crippen LogP contribution is -2.32. The van der Waals surface area contributed by atoms with Crippen LogP contribution in [0.2, 0.25) is 0 Å². The molecule has 2 atom stereocenters. The maximum Gasteiger partial charge on any atom is 0.276 e. The number of ether oxygens (including phenoxy) is 1. The van der Waals surface area contributed by atoms with Crippen LogP contribution in [0.3, 0.4) is 0 Å². The minimum absolute atomic E-state index is 0.0248. The molecule has 1 N–H and O–H groups in total. The minimum Gasteiger partial charge on any atom is -0.380 e. The predicted molar refractivity (Wildman–Crippen MR) is 89.1 cm³/mol. The van der Waals surface area contributed by atoms with Gasteiger partial charge in [-0.3, -0.25) is 4.79 Å². The van der Waals surface area contributed by atoms with Crippen molar-refractivity contribution < 1.29 is 9.53 Å². The average molecular weight is 338 g/mol. The van der Waals surface area contributed by atoms with Crippen LogP contribution < -0.4 is 0 Å². The number of H-pyrrole nitrogens is 1. The monoisotopic (exact) mass is 338 g/mol. The van der Waals surface area contributed by atoms with Crippen LogP contribution in [-0.4, -0.2) is 55.5 Å². The summed E-state index contributed by atoms with van der Waals surface area (Å²) in [5.74, 6) is 0.575. The molecule has 0 bridgehead atoms. The highest BCUT2D eigenvalue weighted by atomic mass is 16.5. The molecule has 128 valence electrons. The van der Waals surface area contributed by atoms with Crippen molar-refractivity contribution in [3.8, 4) is 5.69 Å². The smallest absolute Gasteiger partial charge is 0.276 e. The Balaban J connectivity index is 1.60. The zero-order valence-electron chi connectivity index (χ0n) is 13.7. The molecule has 0 saturated carbocycles. The Kier molecular flexibility index (Phi) is 4.02. The number of methoxy groups -OCH3 is 1. The molecule has 25 heavy (non-hydrogen) atoms. The van der Waals surface area contributed by atoms with Gasteiger partial charge in [0.2, 0.25) is 0 Å². The van der Waals surface area contributed by atoms with Crippen LogP contribution in [0.15, 0.2) is 48.9 Å². The number of imidazole rings is 1. The second kappa shape index (κ2) is 6.48. The number of amides is 1. The molecule has 0 spiro atoms. The van der Waals surface area contributed by atoms with E-state index in [0.717, 1.165) is 11.5 Å². The van der Waals surface area contributed by atoms with Crippen molar-refractivity contribution in [3.63, 3.8) is 0 Å². The summed E-state index contributed by atoms with van der Waals surface area (Å²) in [5.41, 5.74) is 1.16. The van der Waals surface area contributed by atoms with Crippen molar-refractivity contribution in [2.75, 3.05) is 13.7 Å². The number of nitrogens with one attached hydrogen (secondary N) is 1. The molecule has 1 saturated heterocycles. The zero-order valence-corrected chi connectivity index (χ0v) is 13.7. The molecule has 8 nitrogen and oxygen atoms in total. The van der Waals surface area contributed by atoms with Gasteiger partial charge in [0, 0.05) is 32.5 Å². The van der Waals surface area contributed by atoms with Gasteiger partial charge in [-0.1, -0.05) is 23.4 Å². The first kappa shape index (κ1) is 15.5. The van der Waals surface area contributed by atoms with E-state index in [4.69, 9.17) is 4.74 Å². The third kappa shape index (κ3) is 2.91. The lowest BCUT2D eigenvalue weighted by molar-refractivity contribution is 0.0679. The minimum atomic E-state index is -0.178. The molecule has 1 amide bonds. The van der Waals surface area contributed by atoms with Gasteiger partial charge < -0.3 is 14.6 Å². The van der Waals surface area contributed by atoms with Crippen molar-refractivity contribution in [3.05, 3.63) is 60.4 Å². The van der Waals surface area contributed by atoms with Gasteiger partial charge >= 0.3 is 0 Å². The van der Waals surface area contributed by atoms with Crippen molar-refractivity contribution in [1.82, 2.24) is 29.9 Å². The highest BCUT2D eigenvalue weighted by molar-refractivity contribution is 5.92. The van der Waals surface area contributed by atoms with Gasteiger partial charge in [-0.15, -0.1) is 5.10 Å². The fourth-order valence-electron chi connectivity index (χ4n) is 3.13. The number of aromatic amines is 1. The standard InChI is InChI=1S/C17H18N6O2/c1-25-13-9-15(16-18-7-8-19-16)22(10-13)17(24)14-11-23(21-20-14)12-5-3-2-4-6-12/h2-8,11,13,15H,9-10H2,1H3,(H,18,19)/t13-,15?/m1/s1.